The number of carbonyl (C=O) groups is 1. The number of nitro benzene ring substituents is 2. The first kappa shape index (κ1) is 18.1. The van der Waals surface area contributed by atoms with Gasteiger partial charge in [-0.1, -0.05) is 12.1 Å². The molecule has 0 radical (unpaired) electrons. The zero-order valence-electron chi connectivity index (χ0n) is 12.9. The molecular formula is C16H10N4O6. The Hall–Kier alpha value is -4.26. The van der Waals surface area contributed by atoms with Crippen molar-refractivity contribution in [1.82, 2.24) is 0 Å². The van der Waals surface area contributed by atoms with Crippen LogP contribution in [0.4, 0.5) is 17.1 Å². The Bertz CT molecular complexity index is 977. The second-order valence-corrected chi connectivity index (χ2v) is 4.90. The molecule has 2 aromatic carbocycles. The van der Waals surface area contributed by atoms with Crippen molar-refractivity contribution in [1.29, 1.82) is 5.26 Å². The van der Waals surface area contributed by atoms with Crippen LogP contribution in [0.5, 0.6) is 5.75 Å². The van der Waals surface area contributed by atoms with Crippen LogP contribution in [0.1, 0.15) is 5.56 Å². The third-order valence-corrected chi connectivity index (χ3v) is 3.24. The summed E-state index contributed by atoms with van der Waals surface area (Å²) in [6.45, 7) is 0. The van der Waals surface area contributed by atoms with Gasteiger partial charge in [0.25, 0.3) is 17.3 Å². The molecule has 0 spiro atoms. The molecule has 2 rings (SSSR count). The monoisotopic (exact) mass is 354 g/mol. The number of phenolic OH excluding ortho intramolecular Hbond substituents is 1. The molecule has 0 saturated carbocycles. The van der Waals surface area contributed by atoms with Crippen LogP contribution < -0.4 is 5.32 Å². The van der Waals surface area contributed by atoms with E-state index in [9.17, 15) is 30.1 Å². The Morgan fingerprint density at radius 1 is 1.15 bits per heavy atom. The van der Waals surface area contributed by atoms with Gasteiger partial charge in [0.2, 0.25) is 0 Å². The van der Waals surface area contributed by atoms with Crippen molar-refractivity contribution in [3.05, 3.63) is 73.8 Å². The maximum Gasteiger partial charge on any atom is 0.276 e. The molecule has 0 atom stereocenters. The van der Waals surface area contributed by atoms with Gasteiger partial charge in [-0.25, -0.2) is 0 Å². The van der Waals surface area contributed by atoms with Gasteiger partial charge in [-0.05, 0) is 18.2 Å². The fraction of sp³-hybridized carbons (Fsp3) is 0. The summed E-state index contributed by atoms with van der Waals surface area (Å²) in [6, 6.07) is 10.2. The molecule has 0 aromatic heterocycles. The van der Waals surface area contributed by atoms with Gasteiger partial charge in [0, 0.05) is 12.1 Å². The number of nitriles is 1. The first-order valence-corrected chi connectivity index (χ1v) is 6.97. The summed E-state index contributed by atoms with van der Waals surface area (Å²) in [5.41, 5.74) is -1.21. The van der Waals surface area contributed by atoms with E-state index in [4.69, 9.17) is 5.26 Å². The highest BCUT2D eigenvalue weighted by molar-refractivity contribution is 6.10. The van der Waals surface area contributed by atoms with Crippen molar-refractivity contribution in [3.63, 3.8) is 0 Å². The summed E-state index contributed by atoms with van der Waals surface area (Å²) >= 11 is 0. The normalized spacial score (nSPS) is 10.7. The maximum atomic E-state index is 12.2. The minimum Gasteiger partial charge on any atom is -0.506 e. The van der Waals surface area contributed by atoms with Gasteiger partial charge in [0.05, 0.1) is 27.2 Å². The van der Waals surface area contributed by atoms with Gasteiger partial charge in [-0.15, -0.1) is 0 Å². The van der Waals surface area contributed by atoms with Gasteiger partial charge in [0.15, 0.2) is 0 Å². The molecular weight excluding hydrogens is 344 g/mol. The SMILES string of the molecule is N#C/C(=C/c1ccccc1[N+](=O)[O-])C(=O)Nc1ccc([N+](=O)[O-])cc1O. The number of carbonyl (C=O) groups excluding carboxylic acids is 1. The van der Waals surface area contributed by atoms with E-state index in [1.165, 1.54) is 24.3 Å². The number of nitrogens with one attached hydrogen (secondary N) is 1. The molecule has 2 N–H and O–H groups in total. The second-order valence-electron chi connectivity index (χ2n) is 4.90. The zero-order valence-corrected chi connectivity index (χ0v) is 12.9. The molecule has 0 heterocycles. The van der Waals surface area contributed by atoms with Crippen LogP contribution >= 0.6 is 0 Å². The molecule has 0 aliphatic heterocycles. The topological polar surface area (TPSA) is 159 Å². The summed E-state index contributed by atoms with van der Waals surface area (Å²) in [7, 11) is 0. The number of anilines is 1. The lowest BCUT2D eigenvalue weighted by atomic mass is 10.1. The van der Waals surface area contributed by atoms with E-state index in [0.717, 1.165) is 24.3 Å². The van der Waals surface area contributed by atoms with Crippen LogP contribution in [0.15, 0.2) is 48.0 Å². The number of nitro groups is 2. The van der Waals surface area contributed by atoms with E-state index < -0.39 is 27.1 Å². The van der Waals surface area contributed by atoms with E-state index in [0.29, 0.717) is 0 Å². The van der Waals surface area contributed by atoms with Crippen LogP contribution in [0.3, 0.4) is 0 Å². The van der Waals surface area contributed by atoms with Crippen molar-refractivity contribution in [2.45, 2.75) is 0 Å². The Morgan fingerprint density at radius 2 is 1.85 bits per heavy atom. The summed E-state index contributed by atoms with van der Waals surface area (Å²) in [4.78, 5) is 32.4. The van der Waals surface area contributed by atoms with Crippen molar-refractivity contribution in [2.24, 2.45) is 0 Å². The van der Waals surface area contributed by atoms with Gasteiger partial charge >= 0.3 is 0 Å². The molecule has 10 heteroatoms. The molecule has 10 nitrogen and oxygen atoms in total. The zero-order chi connectivity index (χ0) is 19.3. The Kier molecular flexibility index (Phi) is 5.24. The average Bonchev–Trinajstić information content (AvgIpc) is 2.61. The number of benzene rings is 2. The molecule has 26 heavy (non-hydrogen) atoms. The third kappa shape index (κ3) is 3.98. The summed E-state index contributed by atoms with van der Waals surface area (Å²) in [5, 5.41) is 42.7. The number of hydrogen-bond donors (Lipinski definition) is 2. The fourth-order valence-corrected chi connectivity index (χ4v) is 2.01. The van der Waals surface area contributed by atoms with Crippen LogP contribution in [0, 0.1) is 31.6 Å². The van der Waals surface area contributed by atoms with E-state index in [1.54, 1.807) is 6.07 Å². The number of non-ortho nitro benzene ring substituents is 1. The Labute approximate surface area is 145 Å². The van der Waals surface area contributed by atoms with Crippen molar-refractivity contribution in [3.8, 4) is 11.8 Å². The van der Waals surface area contributed by atoms with Gasteiger partial charge in [-0.3, -0.25) is 25.0 Å². The van der Waals surface area contributed by atoms with Crippen molar-refractivity contribution >= 4 is 29.0 Å². The smallest absolute Gasteiger partial charge is 0.276 e. The molecule has 0 unspecified atom stereocenters. The van der Waals surface area contributed by atoms with E-state index >= 15 is 0 Å². The van der Waals surface area contributed by atoms with Crippen molar-refractivity contribution < 1.29 is 19.7 Å². The third-order valence-electron chi connectivity index (χ3n) is 3.24. The summed E-state index contributed by atoms with van der Waals surface area (Å²) < 4.78 is 0. The number of para-hydroxylation sites is 1. The molecule has 130 valence electrons. The number of amides is 1. The average molecular weight is 354 g/mol. The predicted octanol–water partition coefficient (Wildman–Crippen LogP) is 2.75. The van der Waals surface area contributed by atoms with Crippen LogP contribution in [-0.4, -0.2) is 20.9 Å². The molecule has 0 bridgehead atoms. The highest BCUT2D eigenvalue weighted by Crippen LogP contribution is 2.28. The number of phenols is 1. The fourth-order valence-electron chi connectivity index (χ4n) is 2.01. The standard InChI is InChI=1S/C16H10N4O6/c17-9-11(7-10-3-1-2-4-14(10)20(25)26)16(22)18-13-6-5-12(19(23)24)8-15(13)21/h1-8,21H,(H,18,22)/b11-7-. The van der Waals surface area contributed by atoms with E-state index in [2.05, 4.69) is 5.32 Å². The minimum absolute atomic E-state index is 0.0529. The lowest BCUT2D eigenvalue weighted by Gasteiger charge is -2.06. The minimum atomic E-state index is -0.935. The largest absolute Gasteiger partial charge is 0.506 e. The molecule has 0 saturated heterocycles. The van der Waals surface area contributed by atoms with Gasteiger partial charge < -0.3 is 10.4 Å². The Balaban J connectivity index is 2.32. The van der Waals surface area contributed by atoms with E-state index in [1.807, 2.05) is 0 Å². The van der Waals surface area contributed by atoms with Crippen LogP contribution in [0.25, 0.3) is 6.08 Å². The number of hydrogen-bond acceptors (Lipinski definition) is 7. The first-order valence-electron chi connectivity index (χ1n) is 6.97. The highest BCUT2D eigenvalue weighted by Gasteiger charge is 2.17. The van der Waals surface area contributed by atoms with Gasteiger partial charge in [0.1, 0.15) is 17.4 Å². The van der Waals surface area contributed by atoms with Crippen molar-refractivity contribution in [2.75, 3.05) is 5.32 Å². The maximum absolute atomic E-state index is 12.2. The number of rotatable bonds is 5. The van der Waals surface area contributed by atoms with Crippen LogP contribution in [-0.2, 0) is 4.79 Å². The number of aromatic hydroxyl groups is 1. The lowest BCUT2D eigenvalue weighted by molar-refractivity contribution is -0.385. The highest BCUT2D eigenvalue weighted by atomic mass is 16.6. The lowest BCUT2D eigenvalue weighted by Crippen LogP contribution is -2.13. The predicted molar refractivity (Wildman–Crippen MR) is 90.1 cm³/mol. The molecule has 0 aliphatic carbocycles. The number of nitrogens with zero attached hydrogens (tertiary/aromatic N) is 3. The molecule has 0 aliphatic rings. The first-order chi connectivity index (χ1) is 12.3. The van der Waals surface area contributed by atoms with Gasteiger partial charge in [-0.2, -0.15) is 5.26 Å². The molecule has 0 fully saturated rings. The molecule has 2 aromatic rings. The second kappa shape index (κ2) is 7.54. The Morgan fingerprint density at radius 3 is 2.42 bits per heavy atom. The quantitative estimate of drug-likeness (QED) is 0.274. The van der Waals surface area contributed by atoms with Crippen LogP contribution in [0.2, 0.25) is 0 Å². The molecule has 1 amide bonds. The summed E-state index contributed by atoms with van der Waals surface area (Å²) in [5.74, 6) is -1.50. The summed E-state index contributed by atoms with van der Waals surface area (Å²) in [6.07, 6.45) is 1.04. The van der Waals surface area contributed by atoms with E-state index in [-0.39, 0.29) is 22.6 Å².